The summed E-state index contributed by atoms with van der Waals surface area (Å²) in [6.07, 6.45) is 3.51. The zero-order chi connectivity index (χ0) is 16.9. The van der Waals surface area contributed by atoms with Crippen molar-refractivity contribution in [3.05, 3.63) is 46.7 Å². The molecule has 3 rings (SSSR count). The van der Waals surface area contributed by atoms with E-state index in [2.05, 4.69) is 38.1 Å². The second kappa shape index (κ2) is 7.81. The van der Waals surface area contributed by atoms with Gasteiger partial charge in [-0.05, 0) is 33.6 Å². The van der Waals surface area contributed by atoms with E-state index in [9.17, 15) is 4.79 Å². The fourth-order valence-electron chi connectivity index (χ4n) is 2.85. The second-order valence-corrected chi connectivity index (χ2v) is 6.78. The van der Waals surface area contributed by atoms with Crippen LogP contribution in [0.3, 0.4) is 0 Å². The van der Waals surface area contributed by atoms with Gasteiger partial charge in [0.05, 0.1) is 17.8 Å². The molecule has 0 unspecified atom stereocenters. The Morgan fingerprint density at radius 3 is 2.75 bits per heavy atom. The number of benzene rings is 1. The molecule has 0 atom stereocenters. The van der Waals surface area contributed by atoms with Gasteiger partial charge >= 0.3 is 0 Å². The van der Waals surface area contributed by atoms with Gasteiger partial charge in [-0.15, -0.1) is 0 Å². The van der Waals surface area contributed by atoms with E-state index >= 15 is 0 Å². The third kappa shape index (κ3) is 4.36. The number of carbonyl (C=O) groups is 1. The van der Waals surface area contributed by atoms with Crippen molar-refractivity contribution in [3.63, 3.8) is 0 Å². The predicted octanol–water partition coefficient (Wildman–Crippen LogP) is 2.00. The summed E-state index contributed by atoms with van der Waals surface area (Å²) in [7, 11) is 1.68. The Morgan fingerprint density at radius 1 is 1.29 bits per heavy atom. The van der Waals surface area contributed by atoms with Crippen molar-refractivity contribution >= 4 is 21.8 Å². The van der Waals surface area contributed by atoms with Gasteiger partial charge in [-0.3, -0.25) is 14.4 Å². The average Bonchev–Trinajstić information content (AvgIpc) is 3.00. The Morgan fingerprint density at radius 2 is 2.08 bits per heavy atom. The number of nitrogens with zero attached hydrogens (tertiary/aromatic N) is 4. The molecule has 0 saturated carbocycles. The van der Waals surface area contributed by atoms with Crippen molar-refractivity contribution in [3.8, 4) is 5.75 Å². The van der Waals surface area contributed by atoms with E-state index in [1.54, 1.807) is 18.0 Å². The molecular weight excluding hydrogens is 372 g/mol. The number of carbonyl (C=O) groups excluding carboxylic acids is 1. The summed E-state index contributed by atoms with van der Waals surface area (Å²) in [5, 5.41) is 4.14. The minimum absolute atomic E-state index is 0.117. The molecule has 1 aliphatic rings. The van der Waals surface area contributed by atoms with Gasteiger partial charge in [0.2, 0.25) is 5.91 Å². The van der Waals surface area contributed by atoms with Crippen LogP contribution >= 0.6 is 15.9 Å². The highest BCUT2D eigenvalue weighted by molar-refractivity contribution is 9.10. The molecule has 24 heavy (non-hydrogen) atoms. The first-order chi connectivity index (χ1) is 11.6. The maximum absolute atomic E-state index is 12.3. The molecule has 1 amide bonds. The zero-order valence-corrected chi connectivity index (χ0v) is 15.3. The summed E-state index contributed by atoms with van der Waals surface area (Å²) >= 11 is 3.34. The molecule has 2 heterocycles. The molecular formula is C17H21BrN4O2. The number of piperazine rings is 1. The molecule has 6 nitrogen and oxygen atoms in total. The second-order valence-electron chi connectivity index (χ2n) is 5.86. The molecule has 0 bridgehead atoms. The molecule has 0 N–H and O–H groups in total. The molecule has 1 fully saturated rings. The van der Waals surface area contributed by atoms with Gasteiger partial charge in [0.1, 0.15) is 12.3 Å². The van der Waals surface area contributed by atoms with Gasteiger partial charge in [-0.1, -0.05) is 12.1 Å². The van der Waals surface area contributed by atoms with Crippen LogP contribution in [0.5, 0.6) is 5.75 Å². The lowest BCUT2D eigenvalue weighted by Crippen LogP contribution is -2.49. The van der Waals surface area contributed by atoms with E-state index in [0.717, 1.165) is 42.9 Å². The number of halogens is 1. The van der Waals surface area contributed by atoms with Gasteiger partial charge in [0, 0.05) is 38.9 Å². The summed E-state index contributed by atoms with van der Waals surface area (Å²) in [6.45, 7) is 4.45. The fraction of sp³-hybridized carbons (Fsp3) is 0.412. The summed E-state index contributed by atoms with van der Waals surface area (Å²) < 4.78 is 7.82. The van der Waals surface area contributed by atoms with Gasteiger partial charge in [0.25, 0.3) is 0 Å². The van der Waals surface area contributed by atoms with E-state index in [1.807, 2.05) is 23.2 Å². The number of aromatic nitrogens is 2. The average molecular weight is 393 g/mol. The third-order valence-corrected chi connectivity index (χ3v) is 4.57. The standard InChI is InChI=1S/C17H21BrN4O2/c1-24-16-4-2-3-14(9-16)11-20-5-7-21(8-6-20)17(23)13-22-12-15(18)10-19-22/h2-4,9-10,12H,5-8,11,13H2,1H3. The van der Waals surface area contributed by atoms with Gasteiger partial charge < -0.3 is 9.64 Å². The number of rotatable bonds is 5. The molecule has 7 heteroatoms. The van der Waals surface area contributed by atoms with Crippen LogP contribution in [0.2, 0.25) is 0 Å². The minimum Gasteiger partial charge on any atom is -0.497 e. The van der Waals surface area contributed by atoms with Crippen LogP contribution in [0.15, 0.2) is 41.1 Å². The smallest absolute Gasteiger partial charge is 0.244 e. The number of methoxy groups -OCH3 is 1. The summed E-state index contributed by atoms with van der Waals surface area (Å²) in [5.74, 6) is 0.998. The lowest BCUT2D eigenvalue weighted by Gasteiger charge is -2.34. The molecule has 128 valence electrons. The van der Waals surface area contributed by atoms with E-state index in [-0.39, 0.29) is 5.91 Å². The Balaban J connectivity index is 1.49. The van der Waals surface area contributed by atoms with Crippen LogP contribution in [-0.2, 0) is 17.9 Å². The normalized spacial score (nSPS) is 15.5. The SMILES string of the molecule is COc1cccc(CN2CCN(C(=O)Cn3cc(Br)cn3)CC2)c1. The van der Waals surface area contributed by atoms with Crippen molar-refractivity contribution in [2.24, 2.45) is 0 Å². The van der Waals surface area contributed by atoms with Crippen molar-refractivity contribution in [1.29, 1.82) is 0 Å². The fourth-order valence-corrected chi connectivity index (χ4v) is 3.18. The largest absolute Gasteiger partial charge is 0.497 e. The quantitative estimate of drug-likeness (QED) is 0.780. The topological polar surface area (TPSA) is 50.6 Å². The highest BCUT2D eigenvalue weighted by atomic mass is 79.9. The summed E-state index contributed by atoms with van der Waals surface area (Å²) in [6, 6.07) is 8.13. The first-order valence-corrected chi connectivity index (χ1v) is 8.74. The van der Waals surface area contributed by atoms with Crippen LogP contribution in [0.25, 0.3) is 0 Å². The highest BCUT2D eigenvalue weighted by Crippen LogP contribution is 2.15. The van der Waals surface area contributed by atoms with Crippen LogP contribution in [0.1, 0.15) is 5.56 Å². The number of hydrogen-bond donors (Lipinski definition) is 0. The molecule has 1 aromatic carbocycles. The molecule has 1 aliphatic heterocycles. The monoisotopic (exact) mass is 392 g/mol. The van der Waals surface area contributed by atoms with Crippen LogP contribution in [0.4, 0.5) is 0 Å². The first kappa shape index (κ1) is 17.0. The lowest BCUT2D eigenvalue weighted by molar-refractivity contribution is -0.133. The molecule has 0 radical (unpaired) electrons. The Hall–Kier alpha value is -1.86. The van der Waals surface area contributed by atoms with Gasteiger partial charge in [0.15, 0.2) is 0 Å². The molecule has 1 aromatic heterocycles. The van der Waals surface area contributed by atoms with E-state index in [1.165, 1.54) is 5.56 Å². The zero-order valence-electron chi connectivity index (χ0n) is 13.7. The summed E-state index contributed by atoms with van der Waals surface area (Å²) in [5.41, 5.74) is 1.23. The number of hydrogen-bond acceptors (Lipinski definition) is 4. The molecule has 1 saturated heterocycles. The minimum atomic E-state index is 0.117. The maximum atomic E-state index is 12.3. The van der Waals surface area contributed by atoms with Crippen molar-refractivity contribution < 1.29 is 9.53 Å². The number of ether oxygens (including phenoxy) is 1. The van der Waals surface area contributed by atoms with Gasteiger partial charge in [-0.2, -0.15) is 5.10 Å². The highest BCUT2D eigenvalue weighted by Gasteiger charge is 2.21. The predicted molar refractivity (Wildman–Crippen MR) is 94.8 cm³/mol. The Kier molecular flexibility index (Phi) is 5.52. The molecule has 2 aromatic rings. The molecule has 0 aliphatic carbocycles. The van der Waals surface area contributed by atoms with Gasteiger partial charge in [-0.25, -0.2) is 0 Å². The summed E-state index contributed by atoms with van der Waals surface area (Å²) in [4.78, 5) is 16.6. The van der Waals surface area contributed by atoms with Crippen LogP contribution in [-0.4, -0.2) is 58.8 Å². The van der Waals surface area contributed by atoms with Crippen molar-refractivity contribution in [2.75, 3.05) is 33.3 Å². The Bertz CT molecular complexity index is 695. The Labute approximate surface area is 150 Å². The third-order valence-electron chi connectivity index (χ3n) is 4.16. The first-order valence-electron chi connectivity index (χ1n) is 7.95. The van der Waals surface area contributed by atoms with Crippen LogP contribution < -0.4 is 4.74 Å². The maximum Gasteiger partial charge on any atom is 0.244 e. The van der Waals surface area contributed by atoms with E-state index < -0.39 is 0 Å². The van der Waals surface area contributed by atoms with E-state index in [4.69, 9.17) is 4.74 Å². The molecule has 0 spiro atoms. The van der Waals surface area contributed by atoms with Crippen LogP contribution in [0, 0.1) is 0 Å². The number of amides is 1. The van der Waals surface area contributed by atoms with Crippen molar-refractivity contribution in [1.82, 2.24) is 19.6 Å². The lowest BCUT2D eigenvalue weighted by atomic mass is 10.2. The van der Waals surface area contributed by atoms with E-state index in [0.29, 0.717) is 6.54 Å². The van der Waals surface area contributed by atoms with Crippen molar-refractivity contribution in [2.45, 2.75) is 13.1 Å².